The lowest BCUT2D eigenvalue weighted by Gasteiger charge is -2.22. The quantitative estimate of drug-likeness (QED) is 0.849. The van der Waals surface area contributed by atoms with Gasteiger partial charge in [0.05, 0.1) is 5.39 Å². The Bertz CT molecular complexity index is 502. The second kappa shape index (κ2) is 5.62. The molecule has 2 rings (SSSR count). The van der Waals surface area contributed by atoms with Crippen molar-refractivity contribution in [3.63, 3.8) is 0 Å². The van der Waals surface area contributed by atoms with Crippen molar-refractivity contribution in [3.05, 3.63) is 16.7 Å². The molecule has 1 N–H and O–H groups in total. The van der Waals surface area contributed by atoms with E-state index in [1.54, 1.807) is 11.3 Å². The van der Waals surface area contributed by atoms with Crippen LogP contribution in [0.5, 0.6) is 0 Å². The van der Waals surface area contributed by atoms with Crippen LogP contribution in [0.2, 0.25) is 5.28 Å². The van der Waals surface area contributed by atoms with E-state index in [0.717, 1.165) is 35.5 Å². The fourth-order valence-corrected chi connectivity index (χ4v) is 2.70. The molecule has 0 aliphatic heterocycles. The Morgan fingerprint density at radius 3 is 3.00 bits per heavy atom. The molecule has 2 aromatic rings. The van der Waals surface area contributed by atoms with Gasteiger partial charge >= 0.3 is 0 Å². The molecule has 0 fully saturated rings. The lowest BCUT2D eigenvalue weighted by molar-refractivity contribution is 0.289. The molecular formula is C11H14ClN3OS. The monoisotopic (exact) mass is 271 g/mol. The Morgan fingerprint density at radius 1 is 1.47 bits per heavy atom. The molecule has 0 spiro atoms. The zero-order valence-corrected chi connectivity index (χ0v) is 11.1. The summed E-state index contributed by atoms with van der Waals surface area (Å²) in [4.78, 5) is 11.5. The first-order valence-electron chi connectivity index (χ1n) is 5.52. The second-order valence-electron chi connectivity index (χ2n) is 3.61. The van der Waals surface area contributed by atoms with Gasteiger partial charge in [0.15, 0.2) is 0 Å². The molecule has 4 nitrogen and oxygen atoms in total. The first-order chi connectivity index (χ1) is 8.26. The van der Waals surface area contributed by atoms with Crippen molar-refractivity contribution in [2.45, 2.75) is 13.3 Å². The van der Waals surface area contributed by atoms with Gasteiger partial charge in [-0.25, -0.2) is 4.98 Å². The number of halogens is 1. The van der Waals surface area contributed by atoms with Crippen molar-refractivity contribution in [2.75, 3.05) is 24.6 Å². The molecule has 2 aromatic heterocycles. The maximum absolute atomic E-state index is 8.90. The van der Waals surface area contributed by atoms with Crippen molar-refractivity contribution in [1.29, 1.82) is 0 Å². The average Bonchev–Trinajstić information content (AvgIpc) is 2.77. The zero-order valence-electron chi connectivity index (χ0n) is 9.56. The molecule has 6 heteroatoms. The highest BCUT2D eigenvalue weighted by molar-refractivity contribution is 7.16. The van der Waals surface area contributed by atoms with Gasteiger partial charge in [0, 0.05) is 19.7 Å². The SMILES string of the molecule is CCN(CCCO)c1nc(Cl)nc2sccc12. The number of hydrogen-bond donors (Lipinski definition) is 1. The number of aliphatic hydroxyl groups excluding tert-OH is 1. The number of aliphatic hydroxyl groups is 1. The van der Waals surface area contributed by atoms with E-state index in [-0.39, 0.29) is 11.9 Å². The highest BCUT2D eigenvalue weighted by Gasteiger charge is 2.13. The van der Waals surface area contributed by atoms with Gasteiger partial charge < -0.3 is 10.0 Å². The fourth-order valence-electron chi connectivity index (χ4n) is 1.73. The van der Waals surface area contributed by atoms with Gasteiger partial charge in [-0.1, -0.05) is 0 Å². The number of fused-ring (bicyclic) bond motifs is 1. The first-order valence-corrected chi connectivity index (χ1v) is 6.78. The zero-order chi connectivity index (χ0) is 12.3. The van der Waals surface area contributed by atoms with Gasteiger partial charge in [-0.2, -0.15) is 4.98 Å². The van der Waals surface area contributed by atoms with Crippen LogP contribution < -0.4 is 4.90 Å². The van der Waals surface area contributed by atoms with Gasteiger partial charge in [-0.3, -0.25) is 0 Å². The summed E-state index contributed by atoms with van der Waals surface area (Å²) in [6, 6.07) is 2.01. The molecule has 0 aromatic carbocycles. The molecule has 0 aliphatic carbocycles. The van der Waals surface area contributed by atoms with Gasteiger partial charge in [0.1, 0.15) is 10.6 Å². The van der Waals surface area contributed by atoms with Crippen molar-refractivity contribution in [3.8, 4) is 0 Å². The Morgan fingerprint density at radius 2 is 2.29 bits per heavy atom. The molecule has 92 valence electrons. The van der Waals surface area contributed by atoms with E-state index in [9.17, 15) is 0 Å². The van der Waals surface area contributed by atoms with E-state index >= 15 is 0 Å². The second-order valence-corrected chi connectivity index (χ2v) is 4.85. The minimum Gasteiger partial charge on any atom is -0.396 e. The number of nitrogens with zero attached hydrogens (tertiary/aromatic N) is 3. The molecule has 0 amide bonds. The van der Waals surface area contributed by atoms with E-state index in [4.69, 9.17) is 16.7 Å². The summed E-state index contributed by atoms with van der Waals surface area (Å²) in [5.74, 6) is 0.859. The van der Waals surface area contributed by atoms with E-state index in [1.807, 2.05) is 11.4 Å². The van der Waals surface area contributed by atoms with Crippen LogP contribution >= 0.6 is 22.9 Å². The lowest BCUT2D eigenvalue weighted by Crippen LogP contribution is -2.25. The first kappa shape index (κ1) is 12.5. The average molecular weight is 272 g/mol. The molecule has 17 heavy (non-hydrogen) atoms. The normalized spacial score (nSPS) is 11.0. The van der Waals surface area contributed by atoms with Gasteiger partial charge in [0.2, 0.25) is 5.28 Å². The van der Waals surface area contributed by atoms with Crippen LogP contribution in [0.1, 0.15) is 13.3 Å². The third-order valence-electron chi connectivity index (χ3n) is 2.55. The van der Waals surface area contributed by atoms with Crippen LogP contribution in [0.3, 0.4) is 0 Å². The molecule has 0 unspecified atom stereocenters. The summed E-state index contributed by atoms with van der Waals surface area (Å²) in [5.41, 5.74) is 0. The summed E-state index contributed by atoms with van der Waals surface area (Å²) in [7, 11) is 0. The maximum Gasteiger partial charge on any atom is 0.225 e. The van der Waals surface area contributed by atoms with Crippen molar-refractivity contribution < 1.29 is 5.11 Å². The molecular weight excluding hydrogens is 258 g/mol. The third-order valence-corrected chi connectivity index (χ3v) is 3.52. The molecule has 0 aliphatic rings. The fraction of sp³-hybridized carbons (Fsp3) is 0.455. The molecule has 0 bridgehead atoms. The predicted octanol–water partition coefficient (Wildman–Crippen LogP) is 2.55. The topological polar surface area (TPSA) is 49.2 Å². The molecule has 0 saturated heterocycles. The third kappa shape index (κ3) is 2.68. The minimum absolute atomic E-state index is 0.183. The smallest absolute Gasteiger partial charge is 0.225 e. The van der Waals surface area contributed by atoms with Crippen molar-refractivity contribution >= 4 is 39.0 Å². The largest absolute Gasteiger partial charge is 0.396 e. The lowest BCUT2D eigenvalue weighted by atomic mass is 10.3. The van der Waals surface area contributed by atoms with Crippen molar-refractivity contribution in [2.24, 2.45) is 0 Å². The molecule has 2 heterocycles. The van der Waals surface area contributed by atoms with Crippen LogP contribution in [0.4, 0.5) is 5.82 Å². The number of thiophene rings is 1. The van der Waals surface area contributed by atoms with Crippen LogP contribution in [0.15, 0.2) is 11.4 Å². The summed E-state index contributed by atoms with van der Waals surface area (Å²) >= 11 is 7.48. The van der Waals surface area contributed by atoms with Crippen LogP contribution in [0, 0.1) is 0 Å². The Balaban J connectivity index is 2.40. The molecule has 0 radical (unpaired) electrons. The highest BCUT2D eigenvalue weighted by atomic mass is 35.5. The Labute approximate surface area is 109 Å². The van der Waals surface area contributed by atoms with Crippen LogP contribution in [0.25, 0.3) is 10.2 Å². The number of aromatic nitrogens is 2. The minimum atomic E-state index is 0.183. The highest BCUT2D eigenvalue weighted by Crippen LogP contribution is 2.28. The van der Waals surface area contributed by atoms with E-state index in [1.165, 1.54) is 0 Å². The summed E-state index contributed by atoms with van der Waals surface area (Å²) in [5, 5.41) is 12.2. The van der Waals surface area contributed by atoms with E-state index in [2.05, 4.69) is 21.8 Å². The number of anilines is 1. The van der Waals surface area contributed by atoms with Crippen molar-refractivity contribution in [1.82, 2.24) is 9.97 Å². The standard InChI is InChI=1S/C11H14ClN3OS/c1-2-15(5-3-6-16)9-8-4-7-17-10(8)14-11(12)13-9/h4,7,16H,2-3,5-6H2,1H3. The van der Waals surface area contributed by atoms with Gasteiger partial charge in [-0.05, 0) is 36.4 Å². The Hall–Kier alpha value is -0.910. The van der Waals surface area contributed by atoms with Crippen LogP contribution in [-0.4, -0.2) is 34.8 Å². The molecule has 0 saturated carbocycles. The summed E-state index contributed by atoms with van der Waals surface area (Å²) in [6.07, 6.45) is 0.723. The number of hydrogen-bond acceptors (Lipinski definition) is 5. The number of rotatable bonds is 5. The van der Waals surface area contributed by atoms with Gasteiger partial charge in [-0.15, -0.1) is 11.3 Å². The van der Waals surface area contributed by atoms with E-state index in [0.29, 0.717) is 0 Å². The summed E-state index contributed by atoms with van der Waals surface area (Å²) < 4.78 is 0. The maximum atomic E-state index is 8.90. The van der Waals surface area contributed by atoms with Crippen LogP contribution in [-0.2, 0) is 0 Å². The van der Waals surface area contributed by atoms with E-state index < -0.39 is 0 Å². The summed E-state index contributed by atoms with van der Waals surface area (Å²) in [6.45, 7) is 3.84. The molecule has 0 atom stereocenters. The Kier molecular flexibility index (Phi) is 4.15. The predicted molar refractivity (Wildman–Crippen MR) is 72.0 cm³/mol. The van der Waals surface area contributed by atoms with Gasteiger partial charge in [0.25, 0.3) is 0 Å².